The van der Waals surface area contributed by atoms with Crippen LogP contribution in [0.4, 0.5) is 4.79 Å². The number of benzene rings is 2. The Morgan fingerprint density at radius 1 is 1.21 bits per heavy atom. The topological polar surface area (TPSA) is 85.9 Å². The number of rotatable bonds is 5. The highest BCUT2D eigenvalue weighted by Gasteiger charge is 2.49. The third-order valence-electron chi connectivity index (χ3n) is 5.71. The first-order valence-electron chi connectivity index (χ1n) is 11.1. The van der Waals surface area contributed by atoms with Gasteiger partial charge in [-0.25, -0.2) is 9.59 Å². The average molecular weight is 473 g/mol. The lowest BCUT2D eigenvalue weighted by atomic mass is 9.77. The highest BCUT2D eigenvalue weighted by Crippen LogP contribution is 2.49. The summed E-state index contributed by atoms with van der Waals surface area (Å²) in [6.45, 7) is 7.23. The SMILES string of the molecule is CC(C)OC(=O)COc1cc2c(cc1Cl)[C@H](c1ccccc1)C[C@]1(CC(C)(C)NC(=O)N1)O2. The van der Waals surface area contributed by atoms with Crippen molar-refractivity contribution in [1.82, 2.24) is 10.6 Å². The van der Waals surface area contributed by atoms with Gasteiger partial charge in [-0.15, -0.1) is 0 Å². The van der Waals surface area contributed by atoms with Gasteiger partial charge in [0, 0.05) is 35.9 Å². The summed E-state index contributed by atoms with van der Waals surface area (Å²) < 4.78 is 17.2. The second kappa shape index (κ2) is 8.78. The predicted octanol–water partition coefficient (Wildman–Crippen LogP) is 4.76. The van der Waals surface area contributed by atoms with Crippen molar-refractivity contribution in [2.24, 2.45) is 0 Å². The number of esters is 1. The molecule has 2 N–H and O–H groups in total. The van der Waals surface area contributed by atoms with E-state index in [1.807, 2.05) is 38.1 Å². The molecule has 0 radical (unpaired) electrons. The molecule has 0 aromatic heterocycles. The smallest absolute Gasteiger partial charge is 0.344 e. The Kier molecular flexibility index (Phi) is 6.18. The molecule has 1 fully saturated rings. The van der Waals surface area contributed by atoms with Crippen LogP contribution >= 0.6 is 11.6 Å². The highest BCUT2D eigenvalue weighted by atomic mass is 35.5. The van der Waals surface area contributed by atoms with Crippen LogP contribution in [0.25, 0.3) is 0 Å². The van der Waals surface area contributed by atoms with Gasteiger partial charge in [-0.2, -0.15) is 0 Å². The van der Waals surface area contributed by atoms with Crippen LogP contribution in [0.15, 0.2) is 42.5 Å². The van der Waals surface area contributed by atoms with E-state index in [1.165, 1.54) is 0 Å². The maximum atomic E-state index is 12.5. The summed E-state index contributed by atoms with van der Waals surface area (Å²) in [6.07, 6.45) is 0.883. The minimum absolute atomic E-state index is 0.0541. The monoisotopic (exact) mass is 472 g/mol. The van der Waals surface area contributed by atoms with Crippen molar-refractivity contribution in [2.75, 3.05) is 6.61 Å². The largest absolute Gasteiger partial charge is 0.480 e. The standard InChI is InChI=1S/C25H29ClN2O5/c1-15(2)32-22(29)13-31-21-11-20-17(10-19(21)26)18(16-8-6-5-7-9-16)12-25(33-20)14-24(3,4)27-23(30)28-25/h5-11,15,18H,12-14H2,1-4H3,(H2,27,28,30)/t18-,25+/m0/s1. The van der Waals surface area contributed by atoms with Crippen molar-refractivity contribution in [3.05, 3.63) is 58.6 Å². The van der Waals surface area contributed by atoms with Gasteiger partial charge in [0.15, 0.2) is 12.3 Å². The van der Waals surface area contributed by atoms with Crippen LogP contribution in [-0.2, 0) is 9.53 Å². The number of amides is 2. The molecule has 0 bridgehead atoms. The van der Waals surface area contributed by atoms with Gasteiger partial charge in [0.1, 0.15) is 11.5 Å². The highest BCUT2D eigenvalue weighted by molar-refractivity contribution is 6.32. The molecular formula is C25H29ClN2O5. The number of carbonyl (C=O) groups excluding carboxylic acids is 2. The Morgan fingerprint density at radius 3 is 2.61 bits per heavy atom. The lowest BCUT2D eigenvalue weighted by Gasteiger charge is -2.49. The Bertz CT molecular complexity index is 1060. The molecule has 1 spiro atoms. The number of carbonyl (C=O) groups is 2. The zero-order valence-electron chi connectivity index (χ0n) is 19.2. The predicted molar refractivity (Wildman–Crippen MR) is 125 cm³/mol. The third kappa shape index (κ3) is 5.19. The quantitative estimate of drug-likeness (QED) is 0.612. The van der Waals surface area contributed by atoms with Gasteiger partial charge in [0.25, 0.3) is 0 Å². The van der Waals surface area contributed by atoms with Crippen LogP contribution < -0.4 is 20.1 Å². The van der Waals surface area contributed by atoms with Crippen molar-refractivity contribution in [2.45, 2.75) is 63.8 Å². The molecular weight excluding hydrogens is 444 g/mol. The lowest BCUT2D eigenvalue weighted by molar-refractivity contribution is -0.149. The molecule has 0 saturated carbocycles. The summed E-state index contributed by atoms with van der Waals surface area (Å²) in [5.41, 5.74) is 0.644. The number of ether oxygens (including phenoxy) is 3. The van der Waals surface area contributed by atoms with E-state index in [0.717, 1.165) is 11.1 Å². The number of nitrogens with one attached hydrogen (secondary N) is 2. The van der Waals surface area contributed by atoms with Gasteiger partial charge >= 0.3 is 12.0 Å². The van der Waals surface area contributed by atoms with Crippen molar-refractivity contribution >= 4 is 23.6 Å². The summed E-state index contributed by atoms with van der Waals surface area (Å²) in [4.78, 5) is 24.4. The van der Waals surface area contributed by atoms with Crippen molar-refractivity contribution in [1.29, 1.82) is 0 Å². The molecule has 2 aromatic carbocycles. The van der Waals surface area contributed by atoms with Crippen molar-refractivity contribution in [3.63, 3.8) is 0 Å². The van der Waals surface area contributed by atoms with Gasteiger partial charge < -0.3 is 24.8 Å². The van der Waals surface area contributed by atoms with E-state index in [9.17, 15) is 9.59 Å². The van der Waals surface area contributed by atoms with Crippen molar-refractivity contribution < 1.29 is 23.8 Å². The Labute approximate surface area is 198 Å². The van der Waals surface area contributed by atoms with Gasteiger partial charge in [0.2, 0.25) is 0 Å². The molecule has 176 valence electrons. The Balaban J connectivity index is 1.71. The molecule has 0 aliphatic carbocycles. The summed E-state index contributed by atoms with van der Waals surface area (Å²) in [5, 5.41) is 6.34. The van der Waals surface area contributed by atoms with Crippen LogP contribution in [0, 0.1) is 0 Å². The summed E-state index contributed by atoms with van der Waals surface area (Å²) in [6, 6.07) is 13.3. The fourth-order valence-corrected chi connectivity index (χ4v) is 4.89. The van der Waals surface area contributed by atoms with E-state index >= 15 is 0 Å². The first-order valence-corrected chi connectivity index (χ1v) is 11.4. The lowest BCUT2D eigenvalue weighted by Crippen LogP contribution is -2.69. The Morgan fingerprint density at radius 2 is 1.94 bits per heavy atom. The molecule has 2 atom stereocenters. The molecule has 0 unspecified atom stereocenters. The van der Waals surface area contributed by atoms with E-state index in [1.54, 1.807) is 19.9 Å². The molecule has 8 heteroatoms. The van der Waals surface area contributed by atoms with Gasteiger partial charge in [-0.1, -0.05) is 41.9 Å². The molecule has 2 aliphatic rings. The first-order chi connectivity index (χ1) is 15.6. The number of fused-ring (bicyclic) bond motifs is 1. The van der Waals surface area contributed by atoms with Crippen LogP contribution in [0.2, 0.25) is 5.02 Å². The van der Waals surface area contributed by atoms with Crippen LogP contribution in [0.5, 0.6) is 11.5 Å². The van der Waals surface area contributed by atoms with E-state index in [-0.39, 0.29) is 24.7 Å². The number of hydrogen-bond donors (Lipinski definition) is 2. The van der Waals surface area contributed by atoms with Crippen LogP contribution in [0.1, 0.15) is 57.6 Å². The molecule has 2 aliphatic heterocycles. The normalized spacial score (nSPS) is 23.2. The minimum Gasteiger partial charge on any atom is -0.480 e. The Hall–Kier alpha value is -2.93. The molecule has 1 saturated heterocycles. The van der Waals surface area contributed by atoms with E-state index in [0.29, 0.717) is 29.4 Å². The average Bonchev–Trinajstić information content (AvgIpc) is 2.70. The molecule has 4 rings (SSSR count). The molecule has 33 heavy (non-hydrogen) atoms. The van der Waals surface area contributed by atoms with Crippen LogP contribution in [0.3, 0.4) is 0 Å². The van der Waals surface area contributed by atoms with Gasteiger partial charge in [-0.3, -0.25) is 0 Å². The third-order valence-corrected chi connectivity index (χ3v) is 6.01. The molecule has 7 nitrogen and oxygen atoms in total. The zero-order valence-corrected chi connectivity index (χ0v) is 20.0. The van der Waals surface area contributed by atoms with Gasteiger partial charge in [0.05, 0.1) is 11.1 Å². The molecule has 2 aromatic rings. The number of urea groups is 1. The fourth-order valence-electron chi connectivity index (χ4n) is 4.66. The van der Waals surface area contributed by atoms with Gasteiger partial charge in [-0.05, 0) is 39.3 Å². The minimum atomic E-state index is -0.902. The molecule has 2 amide bonds. The van der Waals surface area contributed by atoms with E-state index in [4.69, 9.17) is 25.8 Å². The zero-order chi connectivity index (χ0) is 23.8. The van der Waals surface area contributed by atoms with E-state index < -0.39 is 17.2 Å². The summed E-state index contributed by atoms with van der Waals surface area (Å²) in [5.74, 6) is 0.344. The number of halogens is 1. The number of hydrogen-bond acceptors (Lipinski definition) is 5. The molecule has 2 heterocycles. The van der Waals surface area contributed by atoms with Crippen molar-refractivity contribution in [3.8, 4) is 11.5 Å². The first kappa shape index (κ1) is 23.2. The van der Waals surface area contributed by atoms with Crippen LogP contribution in [-0.4, -0.2) is 36.0 Å². The maximum absolute atomic E-state index is 12.5. The maximum Gasteiger partial charge on any atom is 0.344 e. The summed E-state index contributed by atoms with van der Waals surface area (Å²) >= 11 is 6.54. The fraction of sp³-hybridized carbons (Fsp3) is 0.440. The second-order valence-electron chi connectivity index (χ2n) is 9.55. The second-order valence-corrected chi connectivity index (χ2v) is 9.96. The summed E-state index contributed by atoms with van der Waals surface area (Å²) in [7, 11) is 0. The van der Waals surface area contributed by atoms with E-state index in [2.05, 4.69) is 22.8 Å².